The second-order valence-corrected chi connectivity index (χ2v) is 12.0. The first-order valence-corrected chi connectivity index (χ1v) is 13.7. The fourth-order valence-electron chi connectivity index (χ4n) is 4.75. The van der Waals surface area contributed by atoms with Gasteiger partial charge in [-0.3, -0.25) is 9.69 Å². The van der Waals surface area contributed by atoms with E-state index < -0.39 is 10.0 Å². The number of nitrogens with one attached hydrogen (secondary N) is 1. The number of carbonyl (C=O) groups is 1. The molecule has 6 nitrogen and oxygen atoms in total. The van der Waals surface area contributed by atoms with Crippen LogP contribution in [-0.2, 0) is 27.8 Å². The lowest BCUT2D eigenvalue weighted by Gasteiger charge is -2.34. The number of benzene rings is 1. The van der Waals surface area contributed by atoms with Crippen molar-refractivity contribution in [2.75, 3.05) is 26.2 Å². The minimum atomic E-state index is -3.52. The fourth-order valence-corrected chi connectivity index (χ4v) is 7.32. The van der Waals surface area contributed by atoms with Crippen LogP contribution >= 0.6 is 11.3 Å². The van der Waals surface area contributed by atoms with Crippen molar-refractivity contribution in [3.8, 4) is 0 Å². The van der Waals surface area contributed by atoms with E-state index in [9.17, 15) is 13.2 Å². The van der Waals surface area contributed by atoms with Gasteiger partial charge in [0.1, 0.15) is 0 Å². The molecule has 174 valence electrons. The molecular formula is C24H33N3O3S2. The van der Waals surface area contributed by atoms with Crippen LogP contribution in [0.2, 0.25) is 0 Å². The van der Waals surface area contributed by atoms with Gasteiger partial charge < -0.3 is 5.32 Å². The number of fused-ring (bicyclic) bond motifs is 1. The highest BCUT2D eigenvalue weighted by atomic mass is 32.2. The Bertz CT molecular complexity index is 1070. The Morgan fingerprint density at radius 2 is 1.94 bits per heavy atom. The monoisotopic (exact) mass is 475 g/mol. The zero-order valence-corrected chi connectivity index (χ0v) is 20.8. The number of hydrogen-bond donors (Lipinski definition) is 1. The Kier molecular flexibility index (Phi) is 7.05. The lowest BCUT2D eigenvalue weighted by atomic mass is 9.97. The maximum absolute atomic E-state index is 13.1. The number of hydrogen-bond acceptors (Lipinski definition) is 5. The molecule has 1 atom stereocenters. The van der Waals surface area contributed by atoms with E-state index in [4.69, 9.17) is 0 Å². The summed E-state index contributed by atoms with van der Waals surface area (Å²) < 4.78 is 27.7. The molecule has 1 unspecified atom stereocenters. The maximum Gasteiger partial charge on any atom is 0.243 e. The molecule has 8 heteroatoms. The molecule has 1 N–H and O–H groups in total. The van der Waals surface area contributed by atoms with Crippen LogP contribution in [0.15, 0.2) is 34.5 Å². The van der Waals surface area contributed by atoms with Gasteiger partial charge in [-0.25, -0.2) is 8.42 Å². The number of rotatable bonds is 6. The van der Waals surface area contributed by atoms with Crippen LogP contribution in [0.4, 0.5) is 0 Å². The Balaban J connectivity index is 1.27. The van der Waals surface area contributed by atoms with Gasteiger partial charge in [-0.1, -0.05) is 17.7 Å². The fraction of sp³-hybridized carbons (Fsp3) is 0.542. The summed E-state index contributed by atoms with van der Waals surface area (Å²) in [5.41, 5.74) is 3.23. The van der Waals surface area contributed by atoms with E-state index in [1.807, 2.05) is 37.3 Å². The third-order valence-electron chi connectivity index (χ3n) is 6.81. The van der Waals surface area contributed by atoms with Crippen molar-refractivity contribution in [1.82, 2.24) is 14.5 Å². The summed E-state index contributed by atoms with van der Waals surface area (Å²) in [4.78, 5) is 17.0. The molecule has 1 aromatic heterocycles. The molecular weight excluding hydrogens is 442 g/mol. The summed E-state index contributed by atoms with van der Waals surface area (Å²) in [5, 5.41) is 5.28. The molecule has 32 heavy (non-hydrogen) atoms. The van der Waals surface area contributed by atoms with Crippen LogP contribution < -0.4 is 5.32 Å². The highest BCUT2D eigenvalue weighted by Crippen LogP contribution is 2.27. The predicted molar refractivity (Wildman–Crippen MR) is 128 cm³/mol. The number of sulfonamides is 1. The van der Waals surface area contributed by atoms with Crippen molar-refractivity contribution in [2.24, 2.45) is 5.92 Å². The zero-order valence-electron chi connectivity index (χ0n) is 19.1. The Morgan fingerprint density at radius 3 is 2.66 bits per heavy atom. The molecule has 2 aliphatic rings. The van der Waals surface area contributed by atoms with E-state index in [-0.39, 0.29) is 17.9 Å². The van der Waals surface area contributed by atoms with Crippen molar-refractivity contribution in [1.29, 1.82) is 0 Å². The first-order valence-electron chi connectivity index (χ1n) is 11.4. The quantitative estimate of drug-likeness (QED) is 0.696. The van der Waals surface area contributed by atoms with Gasteiger partial charge in [-0.15, -0.1) is 11.3 Å². The van der Waals surface area contributed by atoms with E-state index in [2.05, 4.69) is 28.6 Å². The van der Waals surface area contributed by atoms with Crippen LogP contribution in [0.1, 0.15) is 41.3 Å². The van der Waals surface area contributed by atoms with Crippen molar-refractivity contribution in [3.05, 3.63) is 51.2 Å². The van der Waals surface area contributed by atoms with Gasteiger partial charge in [0.25, 0.3) is 0 Å². The summed E-state index contributed by atoms with van der Waals surface area (Å²) in [5.74, 6) is -0.0776. The van der Waals surface area contributed by atoms with Gasteiger partial charge in [0.05, 0.1) is 4.90 Å². The summed E-state index contributed by atoms with van der Waals surface area (Å²) in [6.07, 6.45) is 2.21. The predicted octanol–water partition coefficient (Wildman–Crippen LogP) is 3.33. The summed E-state index contributed by atoms with van der Waals surface area (Å²) >= 11 is 1.83. The van der Waals surface area contributed by atoms with Crippen molar-refractivity contribution < 1.29 is 13.2 Å². The Labute approximate surface area is 195 Å². The van der Waals surface area contributed by atoms with E-state index in [1.54, 1.807) is 6.07 Å². The maximum atomic E-state index is 13.1. The van der Waals surface area contributed by atoms with Gasteiger partial charge >= 0.3 is 0 Å². The minimum Gasteiger partial charge on any atom is -0.354 e. The summed E-state index contributed by atoms with van der Waals surface area (Å²) in [6, 6.07) is 7.91. The van der Waals surface area contributed by atoms with Crippen molar-refractivity contribution >= 4 is 27.3 Å². The van der Waals surface area contributed by atoms with E-state index >= 15 is 0 Å². The van der Waals surface area contributed by atoms with Crippen LogP contribution in [0.3, 0.4) is 0 Å². The largest absolute Gasteiger partial charge is 0.354 e. The molecule has 0 radical (unpaired) electrons. The van der Waals surface area contributed by atoms with Crippen molar-refractivity contribution in [3.63, 3.8) is 0 Å². The normalized spacial score (nSPS) is 19.5. The number of amides is 1. The molecule has 1 fully saturated rings. The topological polar surface area (TPSA) is 69.7 Å². The highest BCUT2D eigenvalue weighted by molar-refractivity contribution is 7.89. The van der Waals surface area contributed by atoms with Gasteiger partial charge in [0.2, 0.25) is 15.9 Å². The minimum absolute atomic E-state index is 0.0497. The van der Waals surface area contributed by atoms with Crippen molar-refractivity contribution in [2.45, 2.75) is 57.5 Å². The Hall–Kier alpha value is -1.74. The van der Waals surface area contributed by atoms with E-state index in [1.165, 1.54) is 14.7 Å². The first-order chi connectivity index (χ1) is 15.3. The standard InChI is InChI=1S/C24H33N3O3S2/c1-17-4-5-23(18(2)14-17)32(29,30)27-11-6-20(7-12-27)24(28)25-15-19(3)26-10-8-22-21(16-26)9-13-31-22/h4-5,9,13-14,19-20H,6-8,10-12,15-16H2,1-3H3,(H,25,28). The molecule has 2 aromatic rings. The number of nitrogens with zero attached hydrogens (tertiary/aromatic N) is 2. The summed E-state index contributed by atoms with van der Waals surface area (Å²) in [7, 11) is -3.52. The number of aryl methyl sites for hydroxylation is 2. The van der Waals surface area contributed by atoms with Gasteiger partial charge in [0, 0.05) is 49.6 Å². The Morgan fingerprint density at radius 1 is 1.19 bits per heavy atom. The molecule has 3 heterocycles. The van der Waals surface area contributed by atoms with Gasteiger partial charge in [-0.05, 0) is 68.7 Å². The zero-order chi connectivity index (χ0) is 22.9. The second-order valence-electron chi connectivity index (χ2n) is 9.13. The average molecular weight is 476 g/mol. The lowest BCUT2D eigenvalue weighted by Crippen LogP contribution is -2.47. The molecule has 4 rings (SSSR count). The van der Waals surface area contributed by atoms with Gasteiger partial charge in [0.15, 0.2) is 0 Å². The molecule has 0 aliphatic carbocycles. The number of thiophene rings is 1. The lowest BCUT2D eigenvalue weighted by molar-refractivity contribution is -0.126. The molecule has 0 spiro atoms. The third kappa shape index (κ3) is 4.93. The molecule has 1 saturated heterocycles. The van der Waals surface area contributed by atoms with Crippen LogP contribution in [0.25, 0.3) is 0 Å². The summed E-state index contributed by atoms with van der Waals surface area (Å²) in [6.45, 7) is 9.33. The second kappa shape index (κ2) is 9.63. The SMILES string of the molecule is Cc1ccc(S(=O)(=O)N2CCC(C(=O)NCC(C)N3CCc4sccc4C3)CC2)c(C)c1. The van der Waals surface area contributed by atoms with Crippen LogP contribution in [-0.4, -0.2) is 55.8 Å². The van der Waals surface area contributed by atoms with Crippen LogP contribution in [0.5, 0.6) is 0 Å². The first kappa shape index (κ1) is 23.4. The average Bonchev–Trinajstić information content (AvgIpc) is 3.25. The molecule has 1 aromatic carbocycles. The van der Waals surface area contributed by atoms with Gasteiger partial charge in [-0.2, -0.15) is 4.31 Å². The van der Waals surface area contributed by atoms with E-state index in [0.29, 0.717) is 37.4 Å². The highest BCUT2D eigenvalue weighted by Gasteiger charge is 2.33. The molecule has 0 saturated carbocycles. The molecule has 2 aliphatic heterocycles. The number of piperidine rings is 1. The van der Waals surface area contributed by atoms with E-state index in [0.717, 1.165) is 30.6 Å². The third-order valence-corrected chi connectivity index (χ3v) is 9.89. The smallest absolute Gasteiger partial charge is 0.243 e. The number of carbonyl (C=O) groups excluding carboxylic acids is 1. The molecule has 0 bridgehead atoms. The molecule has 1 amide bonds. The van der Waals surface area contributed by atoms with Crippen LogP contribution in [0, 0.1) is 19.8 Å².